The number of para-hydroxylation sites is 1. The van der Waals surface area contributed by atoms with Gasteiger partial charge < -0.3 is 15.2 Å². The van der Waals surface area contributed by atoms with Crippen molar-refractivity contribution >= 4 is 22.6 Å². The maximum absolute atomic E-state index is 11.6. The number of carboxylic acid groups (broad SMARTS) is 1. The zero-order chi connectivity index (χ0) is 21.3. The summed E-state index contributed by atoms with van der Waals surface area (Å²) in [5, 5.41) is 23.4. The number of ether oxygens (including phenoxy) is 1. The van der Waals surface area contributed by atoms with Gasteiger partial charge in [-0.25, -0.2) is 9.78 Å². The molecule has 1 saturated heterocycles. The van der Waals surface area contributed by atoms with E-state index >= 15 is 0 Å². The summed E-state index contributed by atoms with van der Waals surface area (Å²) >= 11 is 0. The molecule has 0 bridgehead atoms. The van der Waals surface area contributed by atoms with E-state index in [0.717, 1.165) is 34.0 Å². The Morgan fingerprint density at radius 3 is 2.83 bits per heavy atom. The maximum atomic E-state index is 11.6. The largest absolute Gasteiger partial charge is 0.478 e. The molecule has 3 aromatic rings. The lowest BCUT2D eigenvalue weighted by Gasteiger charge is -2.21. The summed E-state index contributed by atoms with van der Waals surface area (Å²) < 4.78 is 5.53. The second-order valence-corrected chi connectivity index (χ2v) is 7.74. The van der Waals surface area contributed by atoms with E-state index in [-0.39, 0.29) is 17.5 Å². The Balaban J connectivity index is 1.81. The first kappa shape index (κ1) is 19.9. The first-order valence-electron chi connectivity index (χ1n) is 10.00. The lowest BCUT2D eigenvalue weighted by Crippen LogP contribution is -2.12. The molecule has 0 aliphatic carbocycles. The highest BCUT2D eigenvalue weighted by Gasteiger charge is 2.24. The Morgan fingerprint density at radius 2 is 2.13 bits per heavy atom. The maximum Gasteiger partial charge on any atom is 0.337 e. The molecule has 2 heterocycles. The molecule has 2 aromatic carbocycles. The Labute approximate surface area is 175 Å². The van der Waals surface area contributed by atoms with E-state index in [0.29, 0.717) is 24.6 Å². The number of aromatic carboxylic acids is 1. The van der Waals surface area contributed by atoms with Crippen molar-refractivity contribution in [3.63, 3.8) is 0 Å². The standard InChI is InChI=1S/C24H23N3O3/c1-14-9-18(15(2)26-21-6-4-3-5-17(21)24(28)29)20-11-19(16-7-8-30-13-16)23(12-25)27-22(20)10-14/h3-6,9-11,15-16,26H,7-8,13H2,1-2H3,(H,28,29)/t15-,16?/m1/s1. The van der Waals surface area contributed by atoms with Gasteiger partial charge in [-0.15, -0.1) is 0 Å². The molecule has 30 heavy (non-hydrogen) atoms. The van der Waals surface area contributed by atoms with Crippen LogP contribution >= 0.6 is 0 Å². The molecule has 2 atom stereocenters. The average molecular weight is 401 g/mol. The number of nitriles is 1. The summed E-state index contributed by atoms with van der Waals surface area (Å²) in [6.45, 7) is 5.29. The highest BCUT2D eigenvalue weighted by molar-refractivity contribution is 5.94. The number of hydrogen-bond acceptors (Lipinski definition) is 5. The Hall–Kier alpha value is -3.43. The molecule has 1 aliphatic heterocycles. The fourth-order valence-electron chi connectivity index (χ4n) is 4.11. The SMILES string of the molecule is Cc1cc([C@@H](C)Nc2ccccc2C(=O)O)c2cc(C3CCOC3)c(C#N)nc2c1. The normalized spacial score (nSPS) is 16.9. The van der Waals surface area contributed by atoms with Crippen LogP contribution in [0.4, 0.5) is 5.69 Å². The smallest absolute Gasteiger partial charge is 0.337 e. The lowest BCUT2D eigenvalue weighted by atomic mass is 9.92. The number of nitrogens with zero attached hydrogens (tertiary/aromatic N) is 2. The van der Waals surface area contributed by atoms with Gasteiger partial charge in [0.15, 0.2) is 0 Å². The van der Waals surface area contributed by atoms with Crippen LogP contribution in [0.5, 0.6) is 0 Å². The monoisotopic (exact) mass is 401 g/mol. The molecule has 2 N–H and O–H groups in total. The second-order valence-electron chi connectivity index (χ2n) is 7.74. The number of aryl methyl sites for hydroxylation is 1. The number of nitrogens with one attached hydrogen (secondary N) is 1. The second kappa shape index (κ2) is 8.13. The number of carboxylic acids is 1. The van der Waals surface area contributed by atoms with Crippen molar-refractivity contribution in [2.24, 2.45) is 0 Å². The highest BCUT2D eigenvalue weighted by Crippen LogP contribution is 2.34. The number of benzene rings is 2. The molecule has 4 rings (SSSR count). The first-order chi connectivity index (χ1) is 14.5. The van der Waals surface area contributed by atoms with Crippen LogP contribution in [0.2, 0.25) is 0 Å². The van der Waals surface area contributed by atoms with Gasteiger partial charge >= 0.3 is 5.97 Å². The molecule has 0 saturated carbocycles. The van der Waals surface area contributed by atoms with Gasteiger partial charge in [0.05, 0.1) is 17.7 Å². The van der Waals surface area contributed by atoms with E-state index in [1.54, 1.807) is 18.2 Å². The third-order valence-corrected chi connectivity index (χ3v) is 5.61. The van der Waals surface area contributed by atoms with E-state index < -0.39 is 5.97 Å². The topological polar surface area (TPSA) is 95.2 Å². The van der Waals surface area contributed by atoms with E-state index in [1.165, 1.54) is 0 Å². The zero-order valence-electron chi connectivity index (χ0n) is 17.0. The van der Waals surface area contributed by atoms with Gasteiger partial charge in [-0.1, -0.05) is 18.2 Å². The summed E-state index contributed by atoms with van der Waals surface area (Å²) in [7, 11) is 0. The average Bonchev–Trinajstić information content (AvgIpc) is 3.27. The fraction of sp³-hybridized carbons (Fsp3) is 0.292. The summed E-state index contributed by atoms with van der Waals surface area (Å²) in [6.07, 6.45) is 0.878. The van der Waals surface area contributed by atoms with Crippen LogP contribution in [0.25, 0.3) is 10.9 Å². The number of hydrogen-bond donors (Lipinski definition) is 2. The molecule has 0 radical (unpaired) electrons. The first-order valence-corrected chi connectivity index (χ1v) is 10.00. The molecule has 1 unspecified atom stereocenters. The Bertz CT molecular complexity index is 1160. The van der Waals surface area contributed by atoms with Crippen molar-refractivity contribution in [1.82, 2.24) is 4.98 Å². The third kappa shape index (κ3) is 3.72. The van der Waals surface area contributed by atoms with Crippen molar-refractivity contribution in [1.29, 1.82) is 5.26 Å². The van der Waals surface area contributed by atoms with Crippen molar-refractivity contribution in [2.75, 3.05) is 18.5 Å². The summed E-state index contributed by atoms with van der Waals surface area (Å²) in [4.78, 5) is 16.2. The minimum atomic E-state index is -0.969. The molecular formula is C24H23N3O3. The fourth-order valence-corrected chi connectivity index (χ4v) is 4.11. The molecule has 1 fully saturated rings. The number of carbonyl (C=O) groups is 1. The number of fused-ring (bicyclic) bond motifs is 1. The van der Waals surface area contributed by atoms with Gasteiger partial charge in [0.1, 0.15) is 11.8 Å². The van der Waals surface area contributed by atoms with E-state index in [2.05, 4.69) is 28.5 Å². The predicted octanol–water partition coefficient (Wildman–Crippen LogP) is 4.79. The quantitative estimate of drug-likeness (QED) is 0.638. The van der Waals surface area contributed by atoms with E-state index in [9.17, 15) is 15.2 Å². The molecule has 1 aromatic heterocycles. The predicted molar refractivity (Wildman–Crippen MR) is 115 cm³/mol. The van der Waals surface area contributed by atoms with Crippen LogP contribution < -0.4 is 5.32 Å². The minimum Gasteiger partial charge on any atom is -0.478 e. The molecule has 0 amide bonds. The highest BCUT2D eigenvalue weighted by atomic mass is 16.5. The van der Waals surface area contributed by atoms with Crippen LogP contribution in [-0.2, 0) is 4.74 Å². The van der Waals surface area contributed by atoms with Gasteiger partial charge in [0.25, 0.3) is 0 Å². The van der Waals surface area contributed by atoms with Crippen LogP contribution in [-0.4, -0.2) is 29.3 Å². The van der Waals surface area contributed by atoms with Crippen LogP contribution in [0, 0.1) is 18.3 Å². The third-order valence-electron chi connectivity index (χ3n) is 5.61. The number of aromatic nitrogens is 1. The van der Waals surface area contributed by atoms with Gasteiger partial charge in [0, 0.05) is 29.6 Å². The number of rotatable bonds is 5. The Morgan fingerprint density at radius 1 is 1.33 bits per heavy atom. The molecule has 6 nitrogen and oxygen atoms in total. The van der Waals surface area contributed by atoms with Gasteiger partial charge in [-0.3, -0.25) is 0 Å². The van der Waals surface area contributed by atoms with Crippen molar-refractivity contribution in [3.8, 4) is 6.07 Å². The zero-order valence-corrected chi connectivity index (χ0v) is 17.0. The van der Waals surface area contributed by atoms with Gasteiger partial charge in [0.2, 0.25) is 0 Å². The molecule has 6 heteroatoms. The Kier molecular flexibility index (Phi) is 5.39. The van der Waals surface area contributed by atoms with Crippen molar-refractivity contribution in [2.45, 2.75) is 32.2 Å². The van der Waals surface area contributed by atoms with Crippen LogP contribution in [0.3, 0.4) is 0 Å². The molecule has 0 spiro atoms. The summed E-state index contributed by atoms with van der Waals surface area (Å²) in [5.74, 6) is -0.801. The lowest BCUT2D eigenvalue weighted by molar-refractivity contribution is 0.0698. The minimum absolute atomic E-state index is 0.157. The number of pyridine rings is 1. The number of anilines is 1. The van der Waals surface area contributed by atoms with Crippen molar-refractivity contribution in [3.05, 3.63) is 70.4 Å². The van der Waals surface area contributed by atoms with Crippen molar-refractivity contribution < 1.29 is 14.6 Å². The van der Waals surface area contributed by atoms with E-state index in [4.69, 9.17) is 4.74 Å². The van der Waals surface area contributed by atoms with Gasteiger partial charge in [-0.05, 0) is 61.2 Å². The molecule has 1 aliphatic rings. The van der Waals surface area contributed by atoms with Crippen LogP contribution in [0.15, 0.2) is 42.5 Å². The van der Waals surface area contributed by atoms with E-state index in [1.807, 2.05) is 26.0 Å². The molecule has 152 valence electrons. The summed E-state index contributed by atoms with van der Waals surface area (Å²) in [5.41, 5.74) is 4.99. The van der Waals surface area contributed by atoms with Crippen LogP contribution in [0.1, 0.15) is 58.0 Å². The summed E-state index contributed by atoms with van der Waals surface area (Å²) in [6, 6.07) is 15.1. The van der Waals surface area contributed by atoms with Gasteiger partial charge in [-0.2, -0.15) is 5.26 Å². The molecular weight excluding hydrogens is 378 g/mol.